The number of nitrogens with one attached hydrogen (secondary N) is 1. The first-order valence-electron chi connectivity index (χ1n) is 9.31. The molecule has 0 saturated carbocycles. The molecule has 0 bridgehead atoms. The van der Waals surface area contributed by atoms with Crippen LogP contribution in [0.5, 0.6) is 0 Å². The van der Waals surface area contributed by atoms with E-state index in [0.717, 1.165) is 21.2 Å². The van der Waals surface area contributed by atoms with E-state index in [4.69, 9.17) is 4.74 Å². The van der Waals surface area contributed by atoms with Crippen LogP contribution in [0, 0.1) is 0 Å². The first-order valence-corrected chi connectivity index (χ1v) is 10.1. The standard InChI is InChI=1S/C24H22BrNO3/c1-29-24(28)21(16-17-9-8-14-20(25)15-17)26-23(27)22(18-10-4-2-5-11-18)19-12-6-3-7-13-19/h2-15,21-22H,16H2,1H3,(H,26,27)/t21-/m0/s1. The normalized spacial score (nSPS) is 11.7. The van der Waals surface area contributed by atoms with E-state index in [-0.39, 0.29) is 5.91 Å². The van der Waals surface area contributed by atoms with E-state index in [1.165, 1.54) is 7.11 Å². The monoisotopic (exact) mass is 451 g/mol. The molecule has 3 aromatic rings. The number of methoxy groups -OCH3 is 1. The van der Waals surface area contributed by atoms with Crippen molar-refractivity contribution in [2.75, 3.05) is 7.11 Å². The van der Waals surface area contributed by atoms with Gasteiger partial charge in [-0.1, -0.05) is 88.7 Å². The van der Waals surface area contributed by atoms with Gasteiger partial charge in [-0.05, 0) is 28.8 Å². The fraction of sp³-hybridized carbons (Fsp3) is 0.167. The van der Waals surface area contributed by atoms with Crippen molar-refractivity contribution in [3.8, 4) is 0 Å². The van der Waals surface area contributed by atoms with E-state index in [1.807, 2.05) is 84.9 Å². The van der Waals surface area contributed by atoms with Crippen LogP contribution in [-0.4, -0.2) is 25.0 Å². The fourth-order valence-electron chi connectivity index (χ4n) is 3.28. The Labute approximate surface area is 179 Å². The summed E-state index contributed by atoms with van der Waals surface area (Å²) in [6, 6.07) is 26.0. The Morgan fingerprint density at radius 2 is 1.48 bits per heavy atom. The predicted molar refractivity (Wildman–Crippen MR) is 117 cm³/mol. The summed E-state index contributed by atoms with van der Waals surface area (Å²) in [5.41, 5.74) is 2.65. The molecule has 0 spiro atoms. The maximum atomic E-state index is 13.3. The molecule has 0 saturated heterocycles. The van der Waals surface area contributed by atoms with Gasteiger partial charge in [-0.3, -0.25) is 4.79 Å². The number of rotatable bonds is 7. The van der Waals surface area contributed by atoms with Crippen LogP contribution in [0.2, 0.25) is 0 Å². The summed E-state index contributed by atoms with van der Waals surface area (Å²) in [4.78, 5) is 25.7. The van der Waals surface area contributed by atoms with Crippen LogP contribution >= 0.6 is 15.9 Å². The molecule has 1 atom stereocenters. The average molecular weight is 452 g/mol. The zero-order chi connectivity index (χ0) is 20.6. The number of amides is 1. The Kier molecular flexibility index (Phi) is 7.19. The molecule has 0 radical (unpaired) electrons. The molecule has 0 unspecified atom stereocenters. The molecule has 1 N–H and O–H groups in total. The summed E-state index contributed by atoms with van der Waals surface area (Å²) < 4.78 is 5.85. The van der Waals surface area contributed by atoms with Gasteiger partial charge in [0.15, 0.2) is 0 Å². The Bertz CT molecular complexity index is 921. The molecule has 0 heterocycles. The summed E-state index contributed by atoms with van der Waals surface area (Å²) >= 11 is 3.44. The SMILES string of the molecule is COC(=O)[C@H](Cc1cccc(Br)c1)NC(=O)C(c1ccccc1)c1ccccc1. The van der Waals surface area contributed by atoms with Gasteiger partial charge >= 0.3 is 5.97 Å². The minimum atomic E-state index is -0.781. The second kappa shape index (κ2) is 10.0. The van der Waals surface area contributed by atoms with E-state index in [2.05, 4.69) is 21.2 Å². The second-order valence-corrected chi connectivity index (χ2v) is 7.59. The number of hydrogen-bond donors (Lipinski definition) is 1. The summed E-state index contributed by atoms with van der Waals surface area (Å²) in [6.07, 6.45) is 0.341. The molecular weight excluding hydrogens is 430 g/mol. The molecule has 1 amide bonds. The highest BCUT2D eigenvalue weighted by molar-refractivity contribution is 9.10. The van der Waals surface area contributed by atoms with E-state index < -0.39 is 17.9 Å². The zero-order valence-electron chi connectivity index (χ0n) is 16.0. The van der Waals surface area contributed by atoms with Crippen molar-refractivity contribution in [2.45, 2.75) is 18.4 Å². The highest BCUT2D eigenvalue weighted by Gasteiger charge is 2.28. The van der Waals surface area contributed by atoms with Crippen molar-refractivity contribution < 1.29 is 14.3 Å². The minimum Gasteiger partial charge on any atom is -0.467 e. The molecule has 3 aromatic carbocycles. The van der Waals surface area contributed by atoms with Gasteiger partial charge in [0.05, 0.1) is 13.0 Å². The van der Waals surface area contributed by atoms with Crippen LogP contribution < -0.4 is 5.32 Å². The molecule has 148 valence electrons. The third kappa shape index (κ3) is 5.55. The van der Waals surface area contributed by atoms with Gasteiger partial charge in [0, 0.05) is 10.9 Å². The second-order valence-electron chi connectivity index (χ2n) is 6.67. The third-order valence-electron chi connectivity index (χ3n) is 4.66. The Hall–Kier alpha value is -2.92. The molecule has 0 aliphatic rings. The Morgan fingerprint density at radius 1 is 0.897 bits per heavy atom. The quantitative estimate of drug-likeness (QED) is 0.538. The van der Waals surface area contributed by atoms with Crippen molar-refractivity contribution in [3.63, 3.8) is 0 Å². The van der Waals surface area contributed by atoms with Gasteiger partial charge in [-0.15, -0.1) is 0 Å². The zero-order valence-corrected chi connectivity index (χ0v) is 17.6. The predicted octanol–water partition coefficient (Wildman–Crippen LogP) is 4.48. The van der Waals surface area contributed by atoms with Crippen LogP contribution in [0.3, 0.4) is 0 Å². The highest BCUT2D eigenvalue weighted by Crippen LogP contribution is 2.25. The van der Waals surface area contributed by atoms with Gasteiger partial charge < -0.3 is 10.1 Å². The molecule has 0 aliphatic carbocycles. The Morgan fingerprint density at radius 3 is 2.00 bits per heavy atom. The number of ether oxygens (including phenoxy) is 1. The lowest BCUT2D eigenvalue weighted by Gasteiger charge is -2.22. The summed E-state index contributed by atoms with van der Waals surface area (Å²) in [6.45, 7) is 0. The van der Waals surface area contributed by atoms with Crippen molar-refractivity contribution >= 4 is 27.8 Å². The van der Waals surface area contributed by atoms with E-state index >= 15 is 0 Å². The van der Waals surface area contributed by atoms with Gasteiger partial charge in [0.2, 0.25) is 5.91 Å². The van der Waals surface area contributed by atoms with E-state index in [1.54, 1.807) is 0 Å². The van der Waals surface area contributed by atoms with Crippen molar-refractivity contribution in [2.24, 2.45) is 0 Å². The first kappa shape index (κ1) is 20.8. The van der Waals surface area contributed by atoms with Gasteiger partial charge in [0.25, 0.3) is 0 Å². The maximum Gasteiger partial charge on any atom is 0.328 e. The Balaban J connectivity index is 1.88. The number of esters is 1. The van der Waals surface area contributed by atoms with Crippen LogP contribution in [-0.2, 0) is 20.7 Å². The number of hydrogen-bond acceptors (Lipinski definition) is 3. The fourth-order valence-corrected chi connectivity index (χ4v) is 3.72. The average Bonchev–Trinajstić information content (AvgIpc) is 2.74. The number of benzene rings is 3. The van der Waals surface area contributed by atoms with Crippen LogP contribution in [0.1, 0.15) is 22.6 Å². The lowest BCUT2D eigenvalue weighted by molar-refractivity contribution is -0.145. The number of carbonyl (C=O) groups excluding carboxylic acids is 2. The molecule has 0 aromatic heterocycles. The number of carbonyl (C=O) groups is 2. The van der Waals surface area contributed by atoms with Gasteiger partial charge in [-0.2, -0.15) is 0 Å². The van der Waals surface area contributed by atoms with Crippen LogP contribution in [0.15, 0.2) is 89.4 Å². The summed E-state index contributed by atoms with van der Waals surface area (Å²) in [7, 11) is 1.33. The molecule has 4 nitrogen and oxygen atoms in total. The lowest BCUT2D eigenvalue weighted by Crippen LogP contribution is -2.45. The molecule has 29 heavy (non-hydrogen) atoms. The lowest BCUT2D eigenvalue weighted by atomic mass is 9.90. The molecule has 0 fully saturated rings. The van der Waals surface area contributed by atoms with Gasteiger partial charge in [-0.25, -0.2) is 4.79 Å². The van der Waals surface area contributed by atoms with Crippen molar-refractivity contribution in [1.29, 1.82) is 0 Å². The third-order valence-corrected chi connectivity index (χ3v) is 5.15. The first-order chi connectivity index (χ1) is 14.1. The molecule has 5 heteroatoms. The highest BCUT2D eigenvalue weighted by atomic mass is 79.9. The summed E-state index contributed by atoms with van der Waals surface area (Å²) in [5.74, 6) is -1.24. The van der Waals surface area contributed by atoms with Crippen molar-refractivity contribution in [1.82, 2.24) is 5.32 Å². The van der Waals surface area contributed by atoms with Crippen LogP contribution in [0.4, 0.5) is 0 Å². The maximum absolute atomic E-state index is 13.3. The minimum absolute atomic E-state index is 0.243. The van der Waals surface area contributed by atoms with Crippen molar-refractivity contribution in [3.05, 3.63) is 106 Å². The smallest absolute Gasteiger partial charge is 0.328 e. The molecule has 3 rings (SSSR count). The van der Waals surface area contributed by atoms with E-state index in [0.29, 0.717) is 6.42 Å². The largest absolute Gasteiger partial charge is 0.467 e. The van der Waals surface area contributed by atoms with Gasteiger partial charge in [0.1, 0.15) is 6.04 Å². The van der Waals surface area contributed by atoms with Crippen LogP contribution in [0.25, 0.3) is 0 Å². The molecular formula is C24H22BrNO3. The summed E-state index contributed by atoms with van der Waals surface area (Å²) in [5, 5.41) is 2.90. The number of halogens is 1. The topological polar surface area (TPSA) is 55.4 Å². The van der Waals surface area contributed by atoms with E-state index in [9.17, 15) is 9.59 Å². The molecule has 0 aliphatic heterocycles.